The molecule has 1 aromatic carbocycles. The molecule has 154 valence electrons. The van der Waals surface area contributed by atoms with Gasteiger partial charge in [0.1, 0.15) is 5.82 Å². The Kier molecular flexibility index (Phi) is 14.0. The number of halogens is 1. The molecule has 0 aliphatic carbocycles. The number of benzene rings is 1. The molecule has 0 saturated carbocycles. The summed E-state index contributed by atoms with van der Waals surface area (Å²) in [5.74, 6) is -0.649. The summed E-state index contributed by atoms with van der Waals surface area (Å²) in [7, 11) is 1.60. The number of amides is 2. The van der Waals surface area contributed by atoms with Crippen LogP contribution in [-0.2, 0) is 27.4 Å². The van der Waals surface area contributed by atoms with E-state index in [0.29, 0.717) is 24.8 Å². The Morgan fingerprint density at radius 3 is 2.52 bits per heavy atom. The zero-order valence-corrected chi connectivity index (χ0v) is 16.7. The Bertz CT molecular complexity index is 567. The lowest BCUT2D eigenvalue weighted by molar-refractivity contribution is -0.120. The molecule has 0 aromatic heterocycles. The number of aryl methyl sites for hydroxylation is 1. The highest BCUT2D eigenvalue weighted by Gasteiger charge is 2.07. The number of ether oxygens (including phenoxy) is 1. The van der Waals surface area contributed by atoms with Crippen LogP contribution < -0.4 is 16.8 Å². The van der Waals surface area contributed by atoms with Crippen LogP contribution in [0.15, 0.2) is 18.2 Å². The van der Waals surface area contributed by atoms with E-state index in [1.54, 1.807) is 13.1 Å². The van der Waals surface area contributed by atoms with Gasteiger partial charge in [0.05, 0.1) is 13.2 Å². The molecule has 2 amide bonds. The topological polar surface area (TPSA) is 107 Å². The summed E-state index contributed by atoms with van der Waals surface area (Å²) in [5.41, 5.74) is 12.2. The third kappa shape index (κ3) is 12.1. The quantitative estimate of drug-likeness (QED) is 0.482. The number of unbranched alkanes of at least 4 members (excludes halogenated alkanes) is 1. The van der Waals surface area contributed by atoms with Crippen molar-refractivity contribution >= 4 is 11.8 Å². The van der Waals surface area contributed by atoms with Gasteiger partial charge in [-0.05, 0) is 42.9 Å². The first-order chi connectivity index (χ1) is 12.9. The maximum absolute atomic E-state index is 14.1. The molecule has 0 fully saturated rings. The summed E-state index contributed by atoms with van der Waals surface area (Å²) in [5, 5.41) is 2.56. The zero-order chi connectivity index (χ0) is 20.7. The van der Waals surface area contributed by atoms with Crippen LogP contribution in [0.4, 0.5) is 4.39 Å². The molecule has 0 radical (unpaired) electrons. The molecule has 0 heterocycles. The molecule has 1 unspecified atom stereocenters. The molecule has 0 saturated heterocycles. The van der Waals surface area contributed by atoms with Crippen molar-refractivity contribution in [2.75, 3.05) is 13.7 Å². The van der Waals surface area contributed by atoms with Gasteiger partial charge in [-0.15, -0.1) is 0 Å². The molecule has 7 heteroatoms. The van der Waals surface area contributed by atoms with Crippen LogP contribution in [0.1, 0.15) is 57.1 Å². The summed E-state index contributed by atoms with van der Waals surface area (Å²) in [4.78, 5) is 21.8. The number of nitrogens with two attached hydrogens (primary N) is 2. The molecule has 0 aliphatic heterocycles. The maximum Gasteiger partial charge on any atom is 0.219 e. The molecule has 0 aliphatic rings. The van der Waals surface area contributed by atoms with Crippen LogP contribution in [0.3, 0.4) is 0 Å². The molecular formula is C20H34FN3O3. The van der Waals surface area contributed by atoms with Crippen LogP contribution >= 0.6 is 0 Å². The summed E-state index contributed by atoms with van der Waals surface area (Å²) in [6.07, 6.45) is 3.25. The van der Waals surface area contributed by atoms with Crippen molar-refractivity contribution in [1.29, 1.82) is 0 Å². The van der Waals surface area contributed by atoms with Gasteiger partial charge < -0.3 is 21.5 Å². The third-order valence-electron chi connectivity index (χ3n) is 3.86. The first-order valence-electron chi connectivity index (χ1n) is 9.52. The second-order valence-corrected chi connectivity index (χ2v) is 6.09. The van der Waals surface area contributed by atoms with Crippen LogP contribution in [0, 0.1) is 5.82 Å². The van der Waals surface area contributed by atoms with Gasteiger partial charge in [0.2, 0.25) is 11.8 Å². The first-order valence-corrected chi connectivity index (χ1v) is 9.52. The Balaban J connectivity index is 0.00000326. The monoisotopic (exact) mass is 383 g/mol. The SMILES string of the molecule is CC.CNC(=O)CCCCc1ccc(COCC(N)CCC(N)=O)cc1F. The fourth-order valence-corrected chi connectivity index (χ4v) is 2.35. The van der Waals surface area contributed by atoms with E-state index in [9.17, 15) is 14.0 Å². The second-order valence-electron chi connectivity index (χ2n) is 6.09. The predicted molar refractivity (Wildman–Crippen MR) is 105 cm³/mol. The summed E-state index contributed by atoms with van der Waals surface area (Å²) >= 11 is 0. The zero-order valence-electron chi connectivity index (χ0n) is 16.7. The van der Waals surface area contributed by atoms with E-state index >= 15 is 0 Å². The largest absolute Gasteiger partial charge is 0.375 e. The number of nitrogens with one attached hydrogen (secondary N) is 1. The minimum Gasteiger partial charge on any atom is -0.375 e. The number of rotatable bonds is 12. The lowest BCUT2D eigenvalue weighted by Gasteiger charge is -2.12. The van der Waals surface area contributed by atoms with E-state index in [1.165, 1.54) is 6.07 Å². The number of primary amides is 1. The summed E-state index contributed by atoms with van der Waals surface area (Å²) < 4.78 is 19.5. The van der Waals surface area contributed by atoms with Crippen molar-refractivity contribution < 1.29 is 18.7 Å². The number of carbonyl (C=O) groups is 2. The van der Waals surface area contributed by atoms with Crippen molar-refractivity contribution in [1.82, 2.24) is 5.32 Å². The molecule has 5 N–H and O–H groups in total. The van der Waals surface area contributed by atoms with E-state index in [4.69, 9.17) is 16.2 Å². The normalized spacial score (nSPS) is 11.3. The minimum absolute atomic E-state index is 0.00186. The van der Waals surface area contributed by atoms with E-state index in [2.05, 4.69) is 5.32 Å². The van der Waals surface area contributed by atoms with Crippen molar-refractivity contribution in [3.63, 3.8) is 0 Å². The van der Waals surface area contributed by atoms with Gasteiger partial charge in [-0.1, -0.05) is 26.0 Å². The fraction of sp³-hybridized carbons (Fsp3) is 0.600. The third-order valence-corrected chi connectivity index (χ3v) is 3.86. The smallest absolute Gasteiger partial charge is 0.219 e. The van der Waals surface area contributed by atoms with Crippen molar-refractivity contribution in [3.8, 4) is 0 Å². The highest BCUT2D eigenvalue weighted by atomic mass is 19.1. The first kappa shape index (κ1) is 25.0. The Hall–Kier alpha value is -1.99. The van der Waals surface area contributed by atoms with Gasteiger partial charge >= 0.3 is 0 Å². The fourth-order valence-electron chi connectivity index (χ4n) is 2.35. The number of carbonyl (C=O) groups excluding carboxylic acids is 2. The lowest BCUT2D eigenvalue weighted by Crippen LogP contribution is -2.28. The van der Waals surface area contributed by atoms with Gasteiger partial charge in [0.25, 0.3) is 0 Å². The van der Waals surface area contributed by atoms with Crippen LogP contribution in [-0.4, -0.2) is 31.5 Å². The van der Waals surface area contributed by atoms with Gasteiger partial charge in [-0.25, -0.2) is 4.39 Å². The summed E-state index contributed by atoms with van der Waals surface area (Å²) in [6, 6.07) is 4.77. The average Bonchev–Trinajstić information content (AvgIpc) is 2.66. The standard InChI is InChI=1S/C18H28FN3O3.C2H6/c1-22-18(24)5-3-2-4-14-7-6-13(10-16(14)19)11-25-12-15(20)8-9-17(21)23;1-2/h6-7,10,15H,2-5,8-9,11-12,20H2,1H3,(H2,21,23)(H,22,24);1-2H3. The average molecular weight is 384 g/mol. The molecule has 1 rings (SSSR count). The number of hydrogen-bond acceptors (Lipinski definition) is 4. The molecule has 27 heavy (non-hydrogen) atoms. The highest BCUT2D eigenvalue weighted by molar-refractivity contribution is 5.75. The molecule has 6 nitrogen and oxygen atoms in total. The van der Waals surface area contributed by atoms with Crippen LogP contribution in [0.25, 0.3) is 0 Å². The van der Waals surface area contributed by atoms with E-state index in [1.807, 2.05) is 19.9 Å². The van der Waals surface area contributed by atoms with Crippen molar-refractivity contribution in [2.45, 2.75) is 65.0 Å². The lowest BCUT2D eigenvalue weighted by atomic mass is 10.0. The maximum atomic E-state index is 14.1. The molecular weight excluding hydrogens is 349 g/mol. The van der Waals surface area contributed by atoms with E-state index in [0.717, 1.165) is 18.4 Å². The van der Waals surface area contributed by atoms with E-state index < -0.39 is 0 Å². The van der Waals surface area contributed by atoms with Crippen molar-refractivity contribution in [3.05, 3.63) is 35.1 Å². The summed E-state index contributed by atoms with van der Waals surface area (Å²) in [6.45, 7) is 4.55. The Morgan fingerprint density at radius 2 is 1.93 bits per heavy atom. The Morgan fingerprint density at radius 1 is 1.22 bits per heavy atom. The second kappa shape index (κ2) is 15.1. The highest BCUT2D eigenvalue weighted by Crippen LogP contribution is 2.15. The molecule has 0 bridgehead atoms. The minimum atomic E-state index is -0.386. The van der Waals surface area contributed by atoms with Crippen LogP contribution in [0.2, 0.25) is 0 Å². The molecule has 1 aromatic rings. The predicted octanol–water partition coefficient (Wildman–Crippen LogP) is 2.42. The molecule has 1 atom stereocenters. The number of hydrogen-bond donors (Lipinski definition) is 3. The van der Waals surface area contributed by atoms with E-state index in [-0.39, 0.29) is 43.3 Å². The van der Waals surface area contributed by atoms with Crippen molar-refractivity contribution in [2.24, 2.45) is 11.5 Å². The van der Waals surface area contributed by atoms with Gasteiger partial charge in [-0.2, -0.15) is 0 Å². The van der Waals surface area contributed by atoms with Gasteiger partial charge in [-0.3, -0.25) is 9.59 Å². The van der Waals surface area contributed by atoms with Gasteiger partial charge in [0.15, 0.2) is 0 Å². The Labute approximate surface area is 161 Å². The molecule has 0 spiro atoms. The van der Waals surface area contributed by atoms with Gasteiger partial charge in [0, 0.05) is 25.9 Å². The van der Waals surface area contributed by atoms with Crippen LogP contribution in [0.5, 0.6) is 0 Å².